The Labute approximate surface area is 107 Å². The summed E-state index contributed by atoms with van der Waals surface area (Å²) in [4.78, 5) is 10.8. The molecule has 0 amide bonds. The van der Waals surface area contributed by atoms with E-state index < -0.39 is 0 Å². The molecule has 1 aromatic rings. The standard InChI is InChI=1S/C12H18ClN3O/c1-16(6-9(13)7-17-2)12-10-4-3-5-11(10)14-8-15-12/h8-9H,3-7H2,1-2H3. The van der Waals surface area contributed by atoms with Crippen LogP contribution in [0.2, 0.25) is 0 Å². The molecule has 17 heavy (non-hydrogen) atoms. The molecule has 1 aliphatic carbocycles. The molecular weight excluding hydrogens is 238 g/mol. The van der Waals surface area contributed by atoms with Gasteiger partial charge in [-0.3, -0.25) is 0 Å². The fourth-order valence-corrected chi connectivity index (χ4v) is 2.62. The van der Waals surface area contributed by atoms with Gasteiger partial charge in [-0.25, -0.2) is 9.97 Å². The van der Waals surface area contributed by atoms with Crippen LogP contribution in [0.4, 0.5) is 5.82 Å². The molecule has 5 heteroatoms. The fraction of sp³-hybridized carbons (Fsp3) is 0.667. The summed E-state index contributed by atoms with van der Waals surface area (Å²) < 4.78 is 5.04. The first-order valence-electron chi connectivity index (χ1n) is 5.89. The van der Waals surface area contributed by atoms with Crippen molar-refractivity contribution in [2.45, 2.75) is 24.6 Å². The number of fused-ring (bicyclic) bond motifs is 1. The predicted octanol–water partition coefficient (Wildman–Crippen LogP) is 1.66. The molecule has 1 aliphatic rings. The maximum atomic E-state index is 6.17. The third kappa shape index (κ3) is 2.87. The molecule has 0 fully saturated rings. The van der Waals surface area contributed by atoms with Crippen LogP contribution in [0.15, 0.2) is 6.33 Å². The molecule has 1 atom stereocenters. The molecule has 2 rings (SSSR count). The lowest BCUT2D eigenvalue weighted by Crippen LogP contribution is -2.30. The zero-order valence-corrected chi connectivity index (χ0v) is 11.1. The van der Waals surface area contributed by atoms with Gasteiger partial charge in [-0.1, -0.05) is 0 Å². The quantitative estimate of drug-likeness (QED) is 0.750. The third-order valence-corrected chi connectivity index (χ3v) is 3.30. The normalized spacial score (nSPS) is 15.7. The molecule has 0 aliphatic heterocycles. The number of alkyl halides is 1. The van der Waals surface area contributed by atoms with Crippen LogP contribution in [0.1, 0.15) is 17.7 Å². The van der Waals surface area contributed by atoms with Crippen LogP contribution in [-0.4, -0.2) is 42.7 Å². The number of halogens is 1. The Hall–Kier alpha value is -0.870. The number of anilines is 1. The Bertz CT molecular complexity index is 386. The van der Waals surface area contributed by atoms with E-state index in [1.165, 1.54) is 17.7 Å². The Balaban J connectivity index is 2.09. The van der Waals surface area contributed by atoms with Crippen LogP contribution >= 0.6 is 11.6 Å². The molecule has 94 valence electrons. The number of hydrogen-bond acceptors (Lipinski definition) is 4. The molecule has 1 heterocycles. The Morgan fingerprint density at radius 1 is 1.47 bits per heavy atom. The van der Waals surface area contributed by atoms with Crippen LogP contribution in [0.5, 0.6) is 0 Å². The highest BCUT2D eigenvalue weighted by Crippen LogP contribution is 2.27. The van der Waals surface area contributed by atoms with Crippen molar-refractivity contribution in [3.8, 4) is 0 Å². The molecule has 0 aromatic carbocycles. The van der Waals surface area contributed by atoms with E-state index >= 15 is 0 Å². The highest BCUT2D eigenvalue weighted by Gasteiger charge is 2.20. The lowest BCUT2D eigenvalue weighted by Gasteiger charge is -2.22. The molecule has 1 unspecified atom stereocenters. The predicted molar refractivity (Wildman–Crippen MR) is 68.8 cm³/mol. The minimum absolute atomic E-state index is 0.0166. The zero-order chi connectivity index (χ0) is 12.3. The van der Waals surface area contributed by atoms with E-state index in [2.05, 4.69) is 14.9 Å². The van der Waals surface area contributed by atoms with E-state index in [-0.39, 0.29) is 5.38 Å². The number of ether oxygens (including phenoxy) is 1. The molecule has 0 spiro atoms. The second-order valence-electron chi connectivity index (χ2n) is 4.41. The van der Waals surface area contributed by atoms with E-state index in [0.29, 0.717) is 6.61 Å². The molecule has 4 nitrogen and oxygen atoms in total. The smallest absolute Gasteiger partial charge is 0.135 e. The van der Waals surface area contributed by atoms with Gasteiger partial charge in [-0.15, -0.1) is 11.6 Å². The lowest BCUT2D eigenvalue weighted by molar-refractivity contribution is 0.199. The average molecular weight is 256 g/mol. The topological polar surface area (TPSA) is 38.2 Å². The highest BCUT2D eigenvalue weighted by molar-refractivity contribution is 6.21. The summed E-state index contributed by atoms with van der Waals surface area (Å²) in [5, 5.41) is -0.0166. The van der Waals surface area contributed by atoms with E-state index in [0.717, 1.165) is 25.2 Å². The first kappa shape index (κ1) is 12.6. The van der Waals surface area contributed by atoms with Crippen molar-refractivity contribution in [2.75, 3.05) is 32.2 Å². The number of rotatable bonds is 5. The van der Waals surface area contributed by atoms with E-state index in [1.54, 1.807) is 13.4 Å². The maximum absolute atomic E-state index is 6.17. The van der Waals surface area contributed by atoms with Gasteiger partial charge in [0, 0.05) is 32.0 Å². The Morgan fingerprint density at radius 2 is 2.29 bits per heavy atom. The average Bonchev–Trinajstić information content (AvgIpc) is 2.76. The van der Waals surface area contributed by atoms with Gasteiger partial charge in [0.25, 0.3) is 0 Å². The summed E-state index contributed by atoms with van der Waals surface area (Å²) in [6.45, 7) is 1.29. The summed E-state index contributed by atoms with van der Waals surface area (Å²) in [5.74, 6) is 1.02. The van der Waals surface area contributed by atoms with Gasteiger partial charge in [0.05, 0.1) is 12.0 Å². The van der Waals surface area contributed by atoms with E-state index in [9.17, 15) is 0 Å². The van der Waals surface area contributed by atoms with Crippen molar-refractivity contribution in [2.24, 2.45) is 0 Å². The fourth-order valence-electron chi connectivity index (χ4n) is 2.29. The second-order valence-corrected chi connectivity index (χ2v) is 5.03. The monoisotopic (exact) mass is 255 g/mol. The van der Waals surface area contributed by atoms with Crippen LogP contribution in [0.25, 0.3) is 0 Å². The van der Waals surface area contributed by atoms with Crippen molar-refractivity contribution >= 4 is 17.4 Å². The lowest BCUT2D eigenvalue weighted by atomic mass is 10.2. The molecule has 0 bridgehead atoms. The Morgan fingerprint density at radius 3 is 3.06 bits per heavy atom. The summed E-state index contributed by atoms with van der Waals surface area (Å²) in [6, 6.07) is 0. The van der Waals surface area contributed by atoms with Crippen molar-refractivity contribution in [1.29, 1.82) is 0 Å². The van der Waals surface area contributed by atoms with Gasteiger partial charge >= 0.3 is 0 Å². The van der Waals surface area contributed by atoms with Crippen molar-refractivity contribution in [3.05, 3.63) is 17.6 Å². The van der Waals surface area contributed by atoms with Gasteiger partial charge < -0.3 is 9.64 Å². The summed E-state index contributed by atoms with van der Waals surface area (Å²) in [5.41, 5.74) is 2.48. The minimum atomic E-state index is -0.0166. The SMILES string of the molecule is COCC(Cl)CN(C)c1ncnc2c1CCC2. The van der Waals surface area contributed by atoms with Crippen LogP contribution in [0.3, 0.4) is 0 Å². The number of methoxy groups -OCH3 is 1. The highest BCUT2D eigenvalue weighted by atomic mass is 35.5. The largest absolute Gasteiger partial charge is 0.383 e. The molecule has 0 N–H and O–H groups in total. The molecule has 1 aromatic heterocycles. The van der Waals surface area contributed by atoms with Gasteiger partial charge in [0.2, 0.25) is 0 Å². The van der Waals surface area contributed by atoms with Crippen LogP contribution < -0.4 is 4.90 Å². The molecule has 0 saturated heterocycles. The van der Waals surface area contributed by atoms with Crippen molar-refractivity contribution in [3.63, 3.8) is 0 Å². The van der Waals surface area contributed by atoms with E-state index in [1.807, 2.05) is 7.05 Å². The Kier molecular flexibility index (Phi) is 4.18. The maximum Gasteiger partial charge on any atom is 0.135 e. The first-order chi connectivity index (χ1) is 8.22. The number of nitrogens with zero attached hydrogens (tertiary/aromatic N) is 3. The zero-order valence-electron chi connectivity index (χ0n) is 10.3. The molecule has 0 saturated carbocycles. The van der Waals surface area contributed by atoms with Gasteiger partial charge in [0.1, 0.15) is 12.1 Å². The summed E-state index contributed by atoms with van der Waals surface area (Å²) in [6.07, 6.45) is 4.97. The van der Waals surface area contributed by atoms with Crippen molar-refractivity contribution in [1.82, 2.24) is 9.97 Å². The van der Waals surface area contributed by atoms with Crippen LogP contribution in [0, 0.1) is 0 Å². The van der Waals surface area contributed by atoms with Crippen LogP contribution in [-0.2, 0) is 17.6 Å². The minimum Gasteiger partial charge on any atom is -0.383 e. The molecule has 0 radical (unpaired) electrons. The van der Waals surface area contributed by atoms with Gasteiger partial charge in [-0.05, 0) is 19.3 Å². The van der Waals surface area contributed by atoms with E-state index in [4.69, 9.17) is 16.3 Å². The summed E-state index contributed by atoms with van der Waals surface area (Å²) >= 11 is 6.17. The number of aromatic nitrogens is 2. The number of hydrogen-bond donors (Lipinski definition) is 0. The summed E-state index contributed by atoms with van der Waals surface area (Å²) in [7, 11) is 3.68. The number of aryl methyl sites for hydroxylation is 1. The van der Waals surface area contributed by atoms with Gasteiger partial charge in [-0.2, -0.15) is 0 Å². The third-order valence-electron chi connectivity index (χ3n) is 3.03. The van der Waals surface area contributed by atoms with Crippen molar-refractivity contribution < 1.29 is 4.74 Å². The first-order valence-corrected chi connectivity index (χ1v) is 6.33. The second kappa shape index (κ2) is 5.65. The molecular formula is C12H18ClN3O. The van der Waals surface area contributed by atoms with Gasteiger partial charge in [0.15, 0.2) is 0 Å².